The minimum atomic E-state index is -4.58. The maximum Gasteiger partial charge on any atom is 0.418 e. The number of para-hydroxylation sites is 1. The Labute approximate surface area is 150 Å². The summed E-state index contributed by atoms with van der Waals surface area (Å²) in [5.41, 5.74) is 3.98. The molecule has 0 radical (unpaired) electrons. The highest BCUT2D eigenvalue weighted by Gasteiger charge is 2.38. The topological polar surface area (TPSA) is 75.4 Å². The molecular formula is C18H24F3N3O2. The Morgan fingerprint density at radius 1 is 1.19 bits per heavy atom. The van der Waals surface area contributed by atoms with Gasteiger partial charge < -0.3 is 16.0 Å². The molecule has 8 heteroatoms. The molecule has 1 fully saturated rings. The van der Waals surface area contributed by atoms with Gasteiger partial charge in [0.1, 0.15) is 0 Å². The Balaban J connectivity index is 2.07. The Morgan fingerprint density at radius 2 is 1.81 bits per heavy atom. The maximum atomic E-state index is 13.0. The quantitative estimate of drug-likeness (QED) is 0.835. The van der Waals surface area contributed by atoms with Crippen LogP contribution in [0.2, 0.25) is 0 Å². The van der Waals surface area contributed by atoms with E-state index >= 15 is 0 Å². The van der Waals surface area contributed by atoms with Crippen LogP contribution in [0.1, 0.15) is 44.6 Å². The summed E-state index contributed by atoms with van der Waals surface area (Å²) in [6.07, 6.45) is -0.738. The lowest BCUT2D eigenvalue weighted by molar-refractivity contribution is -0.140. The molecule has 0 bridgehead atoms. The molecule has 2 amide bonds. The summed E-state index contributed by atoms with van der Waals surface area (Å²) < 4.78 is 39.0. The largest absolute Gasteiger partial charge is 0.418 e. The molecule has 0 aliphatic heterocycles. The van der Waals surface area contributed by atoms with Crippen molar-refractivity contribution < 1.29 is 22.8 Å². The number of nitrogens with one attached hydrogen (secondary N) is 1. The average molecular weight is 371 g/mol. The monoisotopic (exact) mass is 371 g/mol. The number of halogens is 3. The van der Waals surface area contributed by atoms with Crippen molar-refractivity contribution in [2.75, 3.05) is 18.4 Å². The second-order valence-electron chi connectivity index (χ2n) is 6.63. The minimum Gasteiger partial charge on any atom is -0.332 e. The van der Waals surface area contributed by atoms with Crippen molar-refractivity contribution >= 4 is 17.5 Å². The van der Waals surface area contributed by atoms with Crippen molar-refractivity contribution in [2.24, 2.45) is 5.73 Å². The Kier molecular flexibility index (Phi) is 6.28. The van der Waals surface area contributed by atoms with E-state index in [0.29, 0.717) is 12.8 Å². The van der Waals surface area contributed by atoms with Gasteiger partial charge in [0.2, 0.25) is 11.8 Å². The Hall–Kier alpha value is -2.09. The summed E-state index contributed by atoms with van der Waals surface area (Å²) >= 11 is 0. The lowest BCUT2D eigenvalue weighted by atomic mass is 9.81. The summed E-state index contributed by atoms with van der Waals surface area (Å²) in [6, 6.07) is 4.74. The number of carbonyl (C=O) groups excluding carboxylic acids is 2. The first-order valence-electron chi connectivity index (χ1n) is 8.72. The van der Waals surface area contributed by atoms with Gasteiger partial charge in [0, 0.05) is 6.54 Å². The lowest BCUT2D eigenvalue weighted by Crippen LogP contribution is -2.57. The zero-order chi connectivity index (χ0) is 19.4. The van der Waals surface area contributed by atoms with E-state index in [0.717, 1.165) is 25.3 Å². The molecule has 3 N–H and O–H groups in total. The van der Waals surface area contributed by atoms with Crippen LogP contribution in [0.3, 0.4) is 0 Å². The van der Waals surface area contributed by atoms with Gasteiger partial charge in [0.15, 0.2) is 0 Å². The van der Waals surface area contributed by atoms with Crippen molar-refractivity contribution in [1.82, 2.24) is 4.90 Å². The number of amides is 2. The van der Waals surface area contributed by atoms with Crippen LogP contribution in [-0.2, 0) is 15.8 Å². The summed E-state index contributed by atoms with van der Waals surface area (Å²) in [5.74, 6) is -1.00. The van der Waals surface area contributed by atoms with E-state index in [-0.39, 0.29) is 24.7 Å². The number of anilines is 1. The summed E-state index contributed by atoms with van der Waals surface area (Å²) in [5, 5.41) is 2.26. The van der Waals surface area contributed by atoms with Crippen LogP contribution in [0, 0.1) is 0 Å². The SMILES string of the molecule is CCN(CC(=O)Nc1ccccc1C(F)(F)F)C(=O)C1(N)CCCCC1. The fraction of sp³-hybridized carbons (Fsp3) is 0.556. The fourth-order valence-electron chi connectivity index (χ4n) is 3.24. The lowest BCUT2D eigenvalue weighted by Gasteiger charge is -2.36. The first-order chi connectivity index (χ1) is 12.2. The Morgan fingerprint density at radius 3 is 2.38 bits per heavy atom. The van der Waals surface area contributed by atoms with E-state index in [9.17, 15) is 22.8 Å². The summed E-state index contributed by atoms with van der Waals surface area (Å²) in [4.78, 5) is 26.2. The van der Waals surface area contributed by atoms with Crippen LogP contribution in [-0.4, -0.2) is 35.3 Å². The molecule has 1 saturated carbocycles. The minimum absolute atomic E-state index is 0.256. The van der Waals surface area contributed by atoms with Crippen molar-refractivity contribution in [3.63, 3.8) is 0 Å². The molecule has 0 aromatic heterocycles. The number of carbonyl (C=O) groups is 2. The highest BCUT2D eigenvalue weighted by molar-refractivity contribution is 5.96. The molecule has 1 aliphatic carbocycles. The van der Waals surface area contributed by atoms with Gasteiger partial charge in [-0.2, -0.15) is 13.2 Å². The van der Waals surface area contributed by atoms with Crippen LogP contribution in [0.25, 0.3) is 0 Å². The van der Waals surface area contributed by atoms with Crippen molar-refractivity contribution in [3.8, 4) is 0 Å². The van der Waals surface area contributed by atoms with Crippen LogP contribution in [0.5, 0.6) is 0 Å². The predicted octanol–water partition coefficient (Wildman–Crippen LogP) is 3.15. The third-order valence-corrected chi connectivity index (χ3v) is 4.68. The van der Waals surface area contributed by atoms with Crippen LogP contribution in [0.4, 0.5) is 18.9 Å². The molecule has 0 spiro atoms. The molecule has 5 nitrogen and oxygen atoms in total. The third kappa shape index (κ3) is 4.75. The van der Waals surface area contributed by atoms with E-state index in [1.807, 2.05) is 0 Å². The number of alkyl halides is 3. The van der Waals surface area contributed by atoms with E-state index in [2.05, 4.69) is 5.32 Å². The second kappa shape index (κ2) is 8.07. The Bertz CT molecular complexity index is 655. The number of rotatable bonds is 5. The molecule has 0 heterocycles. The number of nitrogens with zero attached hydrogens (tertiary/aromatic N) is 1. The van der Waals surface area contributed by atoms with E-state index in [1.165, 1.54) is 23.1 Å². The van der Waals surface area contributed by atoms with E-state index in [1.54, 1.807) is 6.92 Å². The molecule has 1 aliphatic rings. The number of likely N-dealkylation sites (N-methyl/N-ethyl adjacent to an activating group) is 1. The van der Waals surface area contributed by atoms with Crippen molar-refractivity contribution in [1.29, 1.82) is 0 Å². The van der Waals surface area contributed by atoms with Gasteiger partial charge in [-0.15, -0.1) is 0 Å². The van der Waals surface area contributed by atoms with E-state index < -0.39 is 23.2 Å². The molecular weight excluding hydrogens is 347 g/mol. The zero-order valence-corrected chi connectivity index (χ0v) is 14.7. The maximum absolute atomic E-state index is 13.0. The molecule has 144 valence electrons. The van der Waals surface area contributed by atoms with Crippen LogP contribution in [0.15, 0.2) is 24.3 Å². The highest BCUT2D eigenvalue weighted by Crippen LogP contribution is 2.34. The number of hydrogen-bond donors (Lipinski definition) is 2. The normalized spacial score (nSPS) is 16.8. The third-order valence-electron chi connectivity index (χ3n) is 4.68. The van der Waals surface area contributed by atoms with Crippen molar-refractivity contribution in [3.05, 3.63) is 29.8 Å². The van der Waals surface area contributed by atoms with Crippen LogP contribution >= 0.6 is 0 Å². The van der Waals surface area contributed by atoms with Gasteiger partial charge in [-0.25, -0.2) is 0 Å². The van der Waals surface area contributed by atoms with Gasteiger partial charge in [-0.1, -0.05) is 31.4 Å². The molecule has 2 rings (SSSR count). The average Bonchev–Trinajstić information content (AvgIpc) is 2.59. The molecule has 1 aromatic carbocycles. The number of hydrogen-bond acceptors (Lipinski definition) is 3. The first kappa shape index (κ1) is 20.2. The fourth-order valence-corrected chi connectivity index (χ4v) is 3.24. The molecule has 0 unspecified atom stereocenters. The number of nitrogens with two attached hydrogens (primary N) is 1. The number of benzene rings is 1. The smallest absolute Gasteiger partial charge is 0.332 e. The van der Waals surface area contributed by atoms with E-state index in [4.69, 9.17) is 5.73 Å². The molecule has 26 heavy (non-hydrogen) atoms. The zero-order valence-electron chi connectivity index (χ0n) is 14.7. The summed E-state index contributed by atoms with van der Waals surface area (Å²) in [7, 11) is 0. The first-order valence-corrected chi connectivity index (χ1v) is 8.72. The summed E-state index contributed by atoms with van der Waals surface area (Å²) in [6.45, 7) is 1.63. The second-order valence-corrected chi connectivity index (χ2v) is 6.63. The predicted molar refractivity (Wildman–Crippen MR) is 92.3 cm³/mol. The standard InChI is InChI=1S/C18H24F3N3O2/c1-2-24(16(26)17(22)10-6-3-7-11-17)12-15(25)23-14-9-5-4-8-13(14)18(19,20)21/h4-5,8-9H,2-3,6-7,10-12,22H2,1H3,(H,23,25). The molecule has 0 saturated heterocycles. The van der Waals surface area contributed by atoms with Crippen molar-refractivity contribution in [2.45, 2.75) is 50.7 Å². The van der Waals surface area contributed by atoms with Gasteiger partial charge in [-0.05, 0) is 31.9 Å². The van der Waals surface area contributed by atoms with Gasteiger partial charge in [0.05, 0.1) is 23.3 Å². The highest BCUT2D eigenvalue weighted by atomic mass is 19.4. The molecule has 0 atom stereocenters. The van der Waals surface area contributed by atoms with Gasteiger partial charge in [0.25, 0.3) is 0 Å². The van der Waals surface area contributed by atoms with Gasteiger partial charge >= 0.3 is 6.18 Å². The van der Waals surface area contributed by atoms with Crippen LogP contribution < -0.4 is 11.1 Å². The van der Waals surface area contributed by atoms with Gasteiger partial charge in [-0.3, -0.25) is 9.59 Å². The molecule has 1 aromatic rings.